The van der Waals surface area contributed by atoms with E-state index in [1.165, 1.54) is 21.1 Å². The molecule has 3 heterocycles. The lowest BCUT2D eigenvalue weighted by atomic mass is 9.79. The van der Waals surface area contributed by atoms with E-state index in [9.17, 15) is 19.5 Å². The molecule has 32 heavy (non-hydrogen) atoms. The normalized spacial score (nSPS) is 31.0. The first kappa shape index (κ1) is 21.6. The van der Waals surface area contributed by atoms with Gasteiger partial charge in [-0.05, 0) is 42.8 Å². The fraction of sp³-hybridized carbons (Fsp3) is 0.458. The molecule has 2 saturated heterocycles. The molecule has 2 aromatic rings. The van der Waals surface area contributed by atoms with Gasteiger partial charge in [-0.25, -0.2) is 0 Å². The predicted molar refractivity (Wildman–Crippen MR) is 121 cm³/mol. The molecule has 3 aliphatic rings. The first-order chi connectivity index (χ1) is 15.3. The van der Waals surface area contributed by atoms with Crippen LogP contribution in [0.15, 0.2) is 41.8 Å². The maximum Gasteiger partial charge on any atom is 0.262 e. The summed E-state index contributed by atoms with van der Waals surface area (Å²) in [6, 6.07) is 10.3. The summed E-state index contributed by atoms with van der Waals surface area (Å²) in [5.74, 6) is -2.67. The molecular formula is C24H25ClN2O4S. The quantitative estimate of drug-likeness (QED) is 0.688. The van der Waals surface area contributed by atoms with Gasteiger partial charge in [-0.15, -0.1) is 11.3 Å². The third-order valence-electron chi connectivity index (χ3n) is 7.37. The van der Waals surface area contributed by atoms with Crippen molar-refractivity contribution in [1.29, 1.82) is 0 Å². The van der Waals surface area contributed by atoms with Crippen LogP contribution in [0, 0.1) is 5.92 Å². The van der Waals surface area contributed by atoms with Crippen LogP contribution in [0.1, 0.15) is 49.5 Å². The molecule has 1 aromatic carbocycles. The van der Waals surface area contributed by atoms with Crippen LogP contribution in [0.3, 0.4) is 0 Å². The number of benzene rings is 1. The molecule has 3 fully saturated rings. The molecule has 0 bridgehead atoms. The Morgan fingerprint density at radius 3 is 2.44 bits per heavy atom. The molecular weight excluding hydrogens is 448 g/mol. The van der Waals surface area contributed by atoms with Gasteiger partial charge in [0.15, 0.2) is 5.60 Å². The zero-order chi connectivity index (χ0) is 22.7. The van der Waals surface area contributed by atoms with Gasteiger partial charge in [0.2, 0.25) is 5.91 Å². The molecule has 6 nitrogen and oxygen atoms in total. The Hall–Kier alpha value is -2.22. The van der Waals surface area contributed by atoms with Crippen LogP contribution in [0.4, 0.5) is 0 Å². The molecule has 5 rings (SSSR count). The second-order valence-corrected chi connectivity index (χ2v) is 10.5. The Kier molecular flexibility index (Phi) is 5.19. The Bertz CT molecular complexity index is 1080. The Morgan fingerprint density at radius 1 is 1.06 bits per heavy atom. The minimum Gasteiger partial charge on any atom is -0.374 e. The summed E-state index contributed by atoms with van der Waals surface area (Å²) in [4.78, 5) is 44.5. The SMILES string of the molecule is C[C@@]12C(=O)N(C3CCCCC3)C(=O)[C@@H]1[C@](O)(c1cccs1)C(=O)N2Cc1ccccc1Cl. The molecule has 0 radical (unpaired) electrons. The standard InChI is InChI=1S/C24H25ClN2O4S/c1-23-19(20(28)27(21(23)29)16-9-3-2-4-10-16)24(31,18-12-7-13-32-18)22(30)26(23)14-15-8-5-6-11-17(15)25/h5-8,11-13,16,19,31H,2-4,9-10,14H2,1H3/t19-,23-,24+/m0/s1. The largest absolute Gasteiger partial charge is 0.374 e. The van der Waals surface area contributed by atoms with Crippen LogP contribution in [-0.4, -0.2) is 44.2 Å². The highest BCUT2D eigenvalue weighted by Gasteiger charge is 2.76. The predicted octanol–water partition coefficient (Wildman–Crippen LogP) is 3.71. The molecule has 0 unspecified atom stereocenters. The molecule has 1 aliphatic carbocycles. The van der Waals surface area contributed by atoms with E-state index in [0.717, 1.165) is 32.1 Å². The molecule has 1 saturated carbocycles. The van der Waals surface area contributed by atoms with Crippen molar-refractivity contribution in [1.82, 2.24) is 9.80 Å². The lowest BCUT2D eigenvalue weighted by molar-refractivity contribution is -0.158. The van der Waals surface area contributed by atoms with Crippen molar-refractivity contribution >= 4 is 40.7 Å². The Morgan fingerprint density at radius 2 is 1.78 bits per heavy atom. The van der Waals surface area contributed by atoms with Gasteiger partial charge in [0.25, 0.3) is 11.8 Å². The number of aliphatic hydroxyl groups is 1. The molecule has 3 atom stereocenters. The maximum absolute atomic E-state index is 13.9. The van der Waals surface area contributed by atoms with Crippen molar-refractivity contribution in [2.75, 3.05) is 0 Å². The van der Waals surface area contributed by atoms with Crippen LogP contribution in [0.5, 0.6) is 0 Å². The van der Waals surface area contributed by atoms with Crippen LogP contribution in [-0.2, 0) is 26.5 Å². The maximum atomic E-state index is 13.9. The number of amides is 3. The molecule has 1 N–H and O–H groups in total. The van der Waals surface area contributed by atoms with E-state index in [-0.39, 0.29) is 12.6 Å². The topological polar surface area (TPSA) is 77.9 Å². The van der Waals surface area contributed by atoms with E-state index < -0.39 is 34.8 Å². The van der Waals surface area contributed by atoms with Crippen LogP contribution < -0.4 is 0 Å². The summed E-state index contributed by atoms with van der Waals surface area (Å²) in [6.07, 6.45) is 4.52. The van der Waals surface area contributed by atoms with Gasteiger partial charge >= 0.3 is 0 Å². The number of carbonyl (C=O) groups is 3. The van der Waals surface area contributed by atoms with Crippen LogP contribution in [0.2, 0.25) is 5.02 Å². The van der Waals surface area contributed by atoms with Crippen molar-refractivity contribution in [3.05, 3.63) is 57.2 Å². The summed E-state index contributed by atoms with van der Waals surface area (Å²) in [7, 11) is 0. The van der Waals surface area contributed by atoms with E-state index in [1.54, 1.807) is 42.6 Å². The van der Waals surface area contributed by atoms with Gasteiger partial charge in [0, 0.05) is 22.5 Å². The molecule has 1 aromatic heterocycles. The number of fused-ring (bicyclic) bond motifs is 1. The second-order valence-electron chi connectivity index (χ2n) is 9.11. The summed E-state index contributed by atoms with van der Waals surface area (Å²) in [5.41, 5.74) is -2.90. The van der Waals surface area contributed by atoms with E-state index in [0.29, 0.717) is 15.5 Å². The van der Waals surface area contributed by atoms with Gasteiger partial charge in [-0.1, -0.05) is 55.1 Å². The summed E-state index contributed by atoms with van der Waals surface area (Å²) in [5, 5.41) is 14.1. The van der Waals surface area contributed by atoms with Crippen LogP contribution in [0.25, 0.3) is 0 Å². The lowest BCUT2D eigenvalue weighted by Gasteiger charge is -2.35. The minimum atomic E-state index is -2.08. The van der Waals surface area contributed by atoms with Crippen molar-refractivity contribution in [3.8, 4) is 0 Å². The first-order valence-corrected chi connectivity index (χ1v) is 12.3. The zero-order valence-electron chi connectivity index (χ0n) is 17.8. The summed E-state index contributed by atoms with van der Waals surface area (Å²) < 4.78 is 0. The highest BCUT2D eigenvalue weighted by atomic mass is 35.5. The third-order valence-corrected chi connectivity index (χ3v) is 8.73. The third kappa shape index (κ3) is 2.84. The van der Waals surface area contributed by atoms with Gasteiger partial charge in [0.1, 0.15) is 11.5 Å². The lowest BCUT2D eigenvalue weighted by Crippen LogP contribution is -2.53. The van der Waals surface area contributed by atoms with Crippen molar-refractivity contribution < 1.29 is 19.5 Å². The summed E-state index contributed by atoms with van der Waals surface area (Å²) in [6.45, 7) is 1.66. The van der Waals surface area contributed by atoms with E-state index in [4.69, 9.17) is 11.6 Å². The number of rotatable bonds is 4. The highest BCUT2D eigenvalue weighted by Crippen LogP contribution is 2.55. The Balaban J connectivity index is 1.64. The number of carbonyl (C=O) groups excluding carboxylic acids is 3. The van der Waals surface area contributed by atoms with Crippen molar-refractivity contribution in [3.63, 3.8) is 0 Å². The monoisotopic (exact) mass is 472 g/mol. The van der Waals surface area contributed by atoms with Crippen molar-refractivity contribution in [2.45, 2.75) is 62.8 Å². The number of likely N-dealkylation sites (tertiary alicyclic amines) is 2. The average Bonchev–Trinajstić information content (AvgIpc) is 3.44. The number of nitrogens with zero attached hydrogens (tertiary/aromatic N) is 2. The van der Waals surface area contributed by atoms with Crippen molar-refractivity contribution in [2.24, 2.45) is 5.92 Å². The van der Waals surface area contributed by atoms with E-state index in [2.05, 4.69) is 0 Å². The first-order valence-electron chi connectivity index (χ1n) is 11.0. The zero-order valence-corrected chi connectivity index (χ0v) is 19.4. The summed E-state index contributed by atoms with van der Waals surface area (Å²) >= 11 is 7.58. The van der Waals surface area contributed by atoms with E-state index >= 15 is 0 Å². The Labute approximate surface area is 195 Å². The number of hydrogen-bond donors (Lipinski definition) is 1. The fourth-order valence-electron chi connectivity index (χ4n) is 5.70. The van der Waals surface area contributed by atoms with Gasteiger partial charge in [0.05, 0.1) is 0 Å². The number of halogens is 1. The van der Waals surface area contributed by atoms with Gasteiger partial charge < -0.3 is 10.0 Å². The van der Waals surface area contributed by atoms with Crippen LogP contribution >= 0.6 is 22.9 Å². The number of thiophene rings is 1. The molecule has 3 amide bonds. The van der Waals surface area contributed by atoms with Gasteiger partial charge in [-0.2, -0.15) is 0 Å². The minimum absolute atomic E-state index is 0.0384. The van der Waals surface area contributed by atoms with Gasteiger partial charge in [-0.3, -0.25) is 19.3 Å². The second kappa shape index (κ2) is 7.68. The molecule has 0 spiro atoms. The average molecular weight is 473 g/mol. The molecule has 8 heteroatoms. The molecule has 168 valence electrons. The fourth-order valence-corrected chi connectivity index (χ4v) is 6.75. The highest BCUT2D eigenvalue weighted by molar-refractivity contribution is 7.10. The number of hydrogen-bond acceptors (Lipinski definition) is 5. The van der Waals surface area contributed by atoms with E-state index in [1.807, 2.05) is 6.07 Å². The smallest absolute Gasteiger partial charge is 0.262 e. The molecule has 2 aliphatic heterocycles. The number of imide groups is 1.